The monoisotopic (exact) mass is 273 g/mol. The Hall–Kier alpha value is -1.92. The molecule has 0 amide bonds. The predicted molar refractivity (Wildman–Crippen MR) is 66.1 cm³/mol. The highest BCUT2D eigenvalue weighted by Gasteiger charge is 2.30. The molecule has 0 bridgehead atoms. The quantitative estimate of drug-likeness (QED) is 0.914. The first-order valence-corrected chi connectivity index (χ1v) is 5.71. The van der Waals surface area contributed by atoms with Gasteiger partial charge in [0.15, 0.2) is 0 Å². The van der Waals surface area contributed by atoms with Crippen LogP contribution in [0.2, 0.25) is 0 Å². The second-order valence-corrected chi connectivity index (χ2v) is 4.36. The van der Waals surface area contributed by atoms with Gasteiger partial charge in [0.25, 0.3) is 6.02 Å². The van der Waals surface area contributed by atoms with Gasteiger partial charge in [-0.2, -0.15) is 13.2 Å². The number of hydrogen-bond acceptors (Lipinski definition) is 4. The van der Waals surface area contributed by atoms with Crippen molar-refractivity contribution in [3.05, 3.63) is 29.8 Å². The number of amidine groups is 1. The molecule has 2 rings (SSSR count). The number of ether oxygens (including phenoxy) is 1. The maximum atomic E-state index is 12.4. The van der Waals surface area contributed by atoms with E-state index in [1.54, 1.807) is 7.05 Å². The Bertz CT molecular complexity index is 470. The summed E-state index contributed by atoms with van der Waals surface area (Å²) in [6.45, 7) is 0.933. The molecule has 1 atom stereocenters. The first-order chi connectivity index (χ1) is 8.86. The number of likely N-dealkylation sites (N-methyl/N-ethyl adjacent to an activating group) is 1. The van der Waals surface area contributed by atoms with Gasteiger partial charge < -0.3 is 15.4 Å². The van der Waals surface area contributed by atoms with Gasteiger partial charge in [-0.1, -0.05) is 0 Å². The summed E-state index contributed by atoms with van der Waals surface area (Å²) >= 11 is 0. The van der Waals surface area contributed by atoms with Crippen LogP contribution in [0.3, 0.4) is 0 Å². The molecule has 0 aliphatic carbocycles. The molecular formula is C12H14F3N3O. The van der Waals surface area contributed by atoms with Gasteiger partial charge in [0.05, 0.1) is 5.56 Å². The van der Waals surface area contributed by atoms with Crippen LogP contribution < -0.4 is 10.6 Å². The van der Waals surface area contributed by atoms with Crippen molar-refractivity contribution >= 4 is 11.7 Å². The number of nitrogens with two attached hydrogens (primary N) is 1. The Balaban J connectivity index is 2.02. The number of aliphatic imine (C=N–C) groups is 1. The maximum Gasteiger partial charge on any atom is 0.416 e. The highest BCUT2D eigenvalue weighted by molar-refractivity contribution is 5.73. The van der Waals surface area contributed by atoms with Gasteiger partial charge in [0.2, 0.25) is 0 Å². The first kappa shape index (κ1) is 13.5. The van der Waals surface area contributed by atoms with Crippen LogP contribution in [-0.2, 0) is 10.9 Å². The van der Waals surface area contributed by atoms with Crippen molar-refractivity contribution in [3.8, 4) is 0 Å². The standard InChI is InChI=1S/C12H14F3N3O/c1-18(6-9-7-19-11(16)17-9)10-4-2-8(3-5-10)12(13,14)15/h2-5,9H,6-7H2,1H3,(H2,16,17). The fraction of sp³-hybridized carbons (Fsp3) is 0.417. The lowest BCUT2D eigenvalue weighted by atomic mass is 10.2. The largest absolute Gasteiger partial charge is 0.463 e. The normalized spacial score (nSPS) is 18.9. The molecule has 7 heteroatoms. The summed E-state index contributed by atoms with van der Waals surface area (Å²) in [4.78, 5) is 5.88. The molecular weight excluding hydrogens is 259 g/mol. The van der Waals surface area contributed by atoms with Crippen molar-refractivity contribution in [2.24, 2.45) is 10.7 Å². The first-order valence-electron chi connectivity index (χ1n) is 5.71. The number of hydrogen-bond donors (Lipinski definition) is 1. The average Bonchev–Trinajstić information content (AvgIpc) is 2.74. The highest BCUT2D eigenvalue weighted by Crippen LogP contribution is 2.30. The fourth-order valence-corrected chi connectivity index (χ4v) is 1.86. The third-order valence-corrected chi connectivity index (χ3v) is 2.85. The van der Waals surface area contributed by atoms with Gasteiger partial charge in [-0.25, -0.2) is 4.99 Å². The summed E-state index contributed by atoms with van der Waals surface area (Å²) in [5.41, 5.74) is 5.42. The van der Waals surface area contributed by atoms with Gasteiger partial charge in [-0.05, 0) is 24.3 Å². The molecule has 1 aliphatic heterocycles. The lowest BCUT2D eigenvalue weighted by Crippen LogP contribution is -2.28. The number of rotatable bonds is 3. The van der Waals surface area contributed by atoms with E-state index in [0.29, 0.717) is 18.8 Å². The van der Waals surface area contributed by atoms with E-state index < -0.39 is 11.7 Å². The minimum atomic E-state index is -4.31. The molecule has 1 unspecified atom stereocenters. The Morgan fingerprint density at radius 3 is 2.47 bits per heavy atom. The topological polar surface area (TPSA) is 50.9 Å². The van der Waals surface area contributed by atoms with E-state index in [9.17, 15) is 13.2 Å². The number of anilines is 1. The molecule has 0 fully saturated rings. The smallest absolute Gasteiger partial charge is 0.416 e. The zero-order valence-electron chi connectivity index (χ0n) is 10.3. The summed E-state index contributed by atoms with van der Waals surface area (Å²) in [6.07, 6.45) is -4.31. The van der Waals surface area contributed by atoms with E-state index in [-0.39, 0.29) is 12.1 Å². The molecule has 1 aromatic rings. The van der Waals surface area contributed by atoms with Gasteiger partial charge in [-0.15, -0.1) is 0 Å². The molecule has 2 N–H and O–H groups in total. The minimum Gasteiger partial charge on any atom is -0.463 e. The van der Waals surface area contributed by atoms with Gasteiger partial charge >= 0.3 is 6.18 Å². The number of halogens is 3. The van der Waals surface area contributed by atoms with Crippen molar-refractivity contribution in [1.82, 2.24) is 0 Å². The Kier molecular flexibility index (Phi) is 3.55. The SMILES string of the molecule is CN(CC1COC(N)=N1)c1ccc(C(F)(F)F)cc1. The Labute approximate surface area is 108 Å². The van der Waals surface area contributed by atoms with Crippen LogP contribution in [0, 0.1) is 0 Å². The van der Waals surface area contributed by atoms with E-state index >= 15 is 0 Å². The van der Waals surface area contributed by atoms with Crippen LogP contribution in [0.15, 0.2) is 29.3 Å². The van der Waals surface area contributed by atoms with Crippen molar-refractivity contribution in [2.45, 2.75) is 12.2 Å². The molecule has 0 spiro atoms. The van der Waals surface area contributed by atoms with Crippen molar-refractivity contribution < 1.29 is 17.9 Å². The van der Waals surface area contributed by atoms with Gasteiger partial charge in [-0.3, -0.25) is 0 Å². The second-order valence-electron chi connectivity index (χ2n) is 4.36. The lowest BCUT2D eigenvalue weighted by molar-refractivity contribution is -0.137. The summed E-state index contributed by atoms with van der Waals surface area (Å²) in [6, 6.07) is 5.07. The Morgan fingerprint density at radius 1 is 1.37 bits per heavy atom. The molecule has 0 radical (unpaired) electrons. The van der Waals surface area contributed by atoms with E-state index in [4.69, 9.17) is 10.5 Å². The zero-order chi connectivity index (χ0) is 14.0. The third kappa shape index (κ3) is 3.30. The average molecular weight is 273 g/mol. The van der Waals surface area contributed by atoms with E-state index in [1.165, 1.54) is 12.1 Å². The molecule has 0 saturated carbocycles. The molecule has 1 aromatic carbocycles. The summed E-state index contributed by atoms with van der Waals surface area (Å²) in [7, 11) is 1.78. The summed E-state index contributed by atoms with van der Waals surface area (Å²) < 4.78 is 42.3. The number of benzene rings is 1. The minimum absolute atomic E-state index is 0.0905. The number of alkyl halides is 3. The summed E-state index contributed by atoms with van der Waals surface area (Å²) in [5, 5.41) is 0. The summed E-state index contributed by atoms with van der Waals surface area (Å²) in [5.74, 6) is 0. The molecule has 19 heavy (non-hydrogen) atoms. The Morgan fingerprint density at radius 2 is 2.00 bits per heavy atom. The third-order valence-electron chi connectivity index (χ3n) is 2.85. The van der Waals surface area contributed by atoms with E-state index in [0.717, 1.165) is 12.1 Å². The molecule has 1 heterocycles. The van der Waals surface area contributed by atoms with Gasteiger partial charge in [0, 0.05) is 19.3 Å². The van der Waals surface area contributed by atoms with Crippen LogP contribution in [0.5, 0.6) is 0 Å². The zero-order valence-corrected chi connectivity index (χ0v) is 10.3. The molecule has 1 aliphatic rings. The van der Waals surface area contributed by atoms with Crippen LogP contribution in [0.25, 0.3) is 0 Å². The van der Waals surface area contributed by atoms with Crippen LogP contribution in [0.1, 0.15) is 5.56 Å². The van der Waals surface area contributed by atoms with Crippen molar-refractivity contribution in [3.63, 3.8) is 0 Å². The maximum absolute atomic E-state index is 12.4. The molecule has 0 aromatic heterocycles. The second kappa shape index (κ2) is 4.99. The highest BCUT2D eigenvalue weighted by atomic mass is 19.4. The fourth-order valence-electron chi connectivity index (χ4n) is 1.86. The van der Waals surface area contributed by atoms with Crippen LogP contribution >= 0.6 is 0 Å². The van der Waals surface area contributed by atoms with Crippen molar-refractivity contribution in [1.29, 1.82) is 0 Å². The molecule has 4 nitrogen and oxygen atoms in total. The number of nitrogens with zero attached hydrogens (tertiary/aromatic N) is 2. The lowest BCUT2D eigenvalue weighted by Gasteiger charge is -2.21. The van der Waals surface area contributed by atoms with E-state index in [2.05, 4.69) is 4.99 Å². The predicted octanol–water partition coefficient (Wildman–Crippen LogP) is 1.86. The molecule has 104 valence electrons. The molecule has 0 saturated heterocycles. The van der Waals surface area contributed by atoms with Gasteiger partial charge in [0.1, 0.15) is 12.6 Å². The van der Waals surface area contributed by atoms with E-state index in [1.807, 2.05) is 4.90 Å². The van der Waals surface area contributed by atoms with Crippen molar-refractivity contribution in [2.75, 3.05) is 25.1 Å². The van der Waals surface area contributed by atoms with Crippen LogP contribution in [0.4, 0.5) is 18.9 Å². The van der Waals surface area contributed by atoms with Crippen LogP contribution in [-0.4, -0.2) is 32.3 Å².